The van der Waals surface area contributed by atoms with Crippen LogP contribution < -0.4 is 5.32 Å². The van der Waals surface area contributed by atoms with Gasteiger partial charge < -0.3 is 5.32 Å². The summed E-state index contributed by atoms with van der Waals surface area (Å²) in [7, 11) is 0. The van der Waals surface area contributed by atoms with Crippen LogP contribution in [-0.2, 0) is 13.1 Å². The van der Waals surface area contributed by atoms with E-state index in [2.05, 4.69) is 48.5 Å². The summed E-state index contributed by atoms with van der Waals surface area (Å²) in [5, 5.41) is 8.70. The van der Waals surface area contributed by atoms with E-state index in [0.717, 1.165) is 29.5 Å². The van der Waals surface area contributed by atoms with E-state index in [0.29, 0.717) is 0 Å². The van der Waals surface area contributed by atoms with E-state index >= 15 is 0 Å². The van der Waals surface area contributed by atoms with Crippen LogP contribution in [0.1, 0.15) is 36.8 Å². The molecule has 0 radical (unpaired) electrons. The van der Waals surface area contributed by atoms with E-state index in [-0.39, 0.29) is 6.04 Å². The molecule has 1 aromatic heterocycles. The fraction of sp³-hybridized carbons (Fsp3) is 0.400. The molecule has 3 nitrogen and oxygen atoms in total. The van der Waals surface area contributed by atoms with Gasteiger partial charge in [0.1, 0.15) is 0 Å². The van der Waals surface area contributed by atoms with Crippen molar-refractivity contribution in [2.45, 2.75) is 39.9 Å². The summed E-state index contributed by atoms with van der Waals surface area (Å²) >= 11 is 6.30. The zero-order valence-corrected chi connectivity index (χ0v) is 12.4. The van der Waals surface area contributed by atoms with Crippen molar-refractivity contribution in [1.29, 1.82) is 0 Å². The molecule has 4 heteroatoms. The number of nitrogens with zero attached hydrogens (tertiary/aromatic N) is 2. The Morgan fingerprint density at radius 3 is 2.63 bits per heavy atom. The van der Waals surface area contributed by atoms with Gasteiger partial charge in [0.05, 0.1) is 16.4 Å². The van der Waals surface area contributed by atoms with Gasteiger partial charge in [-0.15, -0.1) is 0 Å². The highest BCUT2D eigenvalue weighted by atomic mass is 35.5. The summed E-state index contributed by atoms with van der Waals surface area (Å²) in [6, 6.07) is 10.7. The maximum atomic E-state index is 6.30. The lowest BCUT2D eigenvalue weighted by Crippen LogP contribution is -2.20. The van der Waals surface area contributed by atoms with E-state index in [1.807, 2.05) is 17.7 Å². The lowest BCUT2D eigenvalue weighted by atomic mass is 10.1. The largest absolute Gasteiger partial charge is 0.305 e. The second-order valence-electron chi connectivity index (χ2n) is 4.68. The molecule has 1 N–H and O–H groups in total. The zero-order valence-electron chi connectivity index (χ0n) is 11.7. The Morgan fingerprint density at radius 2 is 2.00 bits per heavy atom. The second kappa shape index (κ2) is 6.22. The minimum absolute atomic E-state index is 0.290. The molecule has 1 heterocycles. The highest BCUT2D eigenvalue weighted by molar-refractivity contribution is 6.31. The maximum absolute atomic E-state index is 6.30. The number of hydrogen-bond donors (Lipinski definition) is 1. The molecule has 0 fully saturated rings. The highest BCUT2D eigenvalue weighted by Gasteiger charge is 2.13. The van der Waals surface area contributed by atoms with Crippen LogP contribution in [-0.4, -0.2) is 9.78 Å². The van der Waals surface area contributed by atoms with Crippen molar-refractivity contribution >= 4 is 11.6 Å². The van der Waals surface area contributed by atoms with Crippen LogP contribution in [0.2, 0.25) is 5.02 Å². The first-order valence-electron chi connectivity index (χ1n) is 6.63. The molecule has 0 aliphatic rings. The van der Waals surface area contributed by atoms with Gasteiger partial charge in [-0.3, -0.25) is 4.68 Å². The first-order chi connectivity index (χ1) is 9.13. The van der Waals surface area contributed by atoms with Gasteiger partial charge in [0.15, 0.2) is 0 Å². The van der Waals surface area contributed by atoms with Gasteiger partial charge in [0, 0.05) is 19.1 Å². The predicted molar refractivity (Wildman–Crippen MR) is 79.3 cm³/mol. The van der Waals surface area contributed by atoms with Crippen molar-refractivity contribution in [3.8, 4) is 0 Å². The summed E-state index contributed by atoms with van der Waals surface area (Å²) in [4.78, 5) is 0. The molecule has 0 aliphatic carbocycles. The smallest absolute Gasteiger partial charge is 0.0860 e. The summed E-state index contributed by atoms with van der Waals surface area (Å²) in [6.07, 6.45) is 0. The Balaban J connectivity index is 2.07. The van der Waals surface area contributed by atoms with Crippen LogP contribution in [0.25, 0.3) is 0 Å². The first kappa shape index (κ1) is 14.1. The summed E-state index contributed by atoms with van der Waals surface area (Å²) in [5.41, 5.74) is 3.23. The molecule has 0 spiro atoms. The van der Waals surface area contributed by atoms with Crippen LogP contribution in [0.3, 0.4) is 0 Å². The summed E-state index contributed by atoms with van der Waals surface area (Å²) in [5.74, 6) is 0. The van der Waals surface area contributed by atoms with Crippen molar-refractivity contribution in [2.24, 2.45) is 0 Å². The molecular formula is C15H20ClN3. The molecule has 0 amide bonds. The van der Waals surface area contributed by atoms with Crippen LogP contribution >= 0.6 is 11.6 Å². The Kier molecular flexibility index (Phi) is 4.61. The number of hydrogen-bond acceptors (Lipinski definition) is 2. The highest BCUT2D eigenvalue weighted by Crippen LogP contribution is 2.21. The molecular weight excluding hydrogens is 258 g/mol. The van der Waals surface area contributed by atoms with Crippen molar-refractivity contribution < 1.29 is 0 Å². The number of aromatic nitrogens is 2. The third-order valence-corrected chi connectivity index (χ3v) is 3.82. The van der Waals surface area contributed by atoms with Crippen LogP contribution in [0.5, 0.6) is 0 Å². The standard InChI is InChI=1S/C15H20ClN3/c1-4-19-14(15(16)12(3)18-19)10-17-11(2)13-8-6-5-7-9-13/h5-9,11,17H,4,10H2,1-3H3. The number of aryl methyl sites for hydroxylation is 2. The average Bonchev–Trinajstić information content (AvgIpc) is 2.72. The maximum Gasteiger partial charge on any atom is 0.0860 e. The lowest BCUT2D eigenvalue weighted by Gasteiger charge is -2.15. The monoisotopic (exact) mass is 277 g/mol. The molecule has 0 bridgehead atoms. The number of halogens is 1. The molecule has 102 valence electrons. The fourth-order valence-electron chi connectivity index (χ4n) is 2.15. The van der Waals surface area contributed by atoms with Crippen molar-refractivity contribution in [2.75, 3.05) is 0 Å². The molecule has 1 aromatic carbocycles. The van der Waals surface area contributed by atoms with Gasteiger partial charge >= 0.3 is 0 Å². The quantitative estimate of drug-likeness (QED) is 0.903. The zero-order chi connectivity index (χ0) is 13.8. The second-order valence-corrected chi connectivity index (χ2v) is 5.05. The average molecular weight is 278 g/mol. The van der Waals surface area contributed by atoms with E-state index in [9.17, 15) is 0 Å². The van der Waals surface area contributed by atoms with Crippen molar-refractivity contribution in [1.82, 2.24) is 15.1 Å². The van der Waals surface area contributed by atoms with E-state index in [4.69, 9.17) is 11.6 Å². The third kappa shape index (κ3) is 3.17. The van der Waals surface area contributed by atoms with Gasteiger partial charge in [-0.2, -0.15) is 5.10 Å². The minimum Gasteiger partial charge on any atom is -0.305 e. The van der Waals surface area contributed by atoms with Gasteiger partial charge in [0.2, 0.25) is 0 Å². The number of rotatable bonds is 5. The minimum atomic E-state index is 0.290. The molecule has 1 atom stereocenters. The molecule has 2 rings (SSSR count). The number of nitrogens with one attached hydrogen (secondary N) is 1. The van der Waals surface area contributed by atoms with E-state index < -0.39 is 0 Å². The Morgan fingerprint density at radius 1 is 1.32 bits per heavy atom. The predicted octanol–water partition coefficient (Wildman–Crippen LogP) is 3.72. The molecule has 0 saturated carbocycles. The molecule has 19 heavy (non-hydrogen) atoms. The van der Waals surface area contributed by atoms with E-state index in [1.165, 1.54) is 5.56 Å². The van der Waals surface area contributed by atoms with Gasteiger partial charge in [-0.25, -0.2) is 0 Å². The lowest BCUT2D eigenvalue weighted by molar-refractivity contribution is 0.531. The summed E-state index contributed by atoms with van der Waals surface area (Å²) < 4.78 is 1.96. The van der Waals surface area contributed by atoms with Crippen LogP contribution in [0, 0.1) is 6.92 Å². The van der Waals surface area contributed by atoms with Gasteiger partial charge in [-0.1, -0.05) is 41.9 Å². The van der Waals surface area contributed by atoms with Crippen molar-refractivity contribution in [3.05, 3.63) is 52.3 Å². The SMILES string of the molecule is CCn1nc(C)c(Cl)c1CNC(C)c1ccccc1. The molecule has 0 aliphatic heterocycles. The fourth-order valence-corrected chi connectivity index (χ4v) is 2.35. The van der Waals surface area contributed by atoms with E-state index in [1.54, 1.807) is 0 Å². The first-order valence-corrected chi connectivity index (χ1v) is 7.01. The van der Waals surface area contributed by atoms with Crippen LogP contribution in [0.15, 0.2) is 30.3 Å². The van der Waals surface area contributed by atoms with Crippen molar-refractivity contribution in [3.63, 3.8) is 0 Å². The normalized spacial score (nSPS) is 12.6. The topological polar surface area (TPSA) is 29.9 Å². The van der Waals surface area contributed by atoms with Crippen LogP contribution in [0.4, 0.5) is 0 Å². The Labute approximate surface area is 119 Å². The molecule has 2 aromatic rings. The van der Waals surface area contributed by atoms with Gasteiger partial charge in [0.25, 0.3) is 0 Å². The number of benzene rings is 1. The molecule has 0 saturated heterocycles. The summed E-state index contributed by atoms with van der Waals surface area (Å²) in [6.45, 7) is 7.74. The third-order valence-electron chi connectivity index (χ3n) is 3.33. The van der Waals surface area contributed by atoms with Gasteiger partial charge in [-0.05, 0) is 26.3 Å². The Bertz CT molecular complexity index is 534. The Hall–Kier alpha value is -1.32. The molecule has 1 unspecified atom stereocenters.